The first-order valence-corrected chi connectivity index (χ1v) is 6.35. The maximum Gasteiger partial charge on any atom is 0.239 e. The molecular weight excluding hydrogens is 218 g/mol. The third-order valence-corrected chi connectivity index (χ3v) is 3.53. The van der Waals surface area contributed by atoms with E-state index >= 15 is 0 Å². The Bertz CT molecular complexity index is 282. The lowest BCUT2D eigenvalue weighted by atomic mass is 9.68. The highest BCUT2D eigenvalue weighted by molar-refractivity contribution is 5.88. The Hall–Kier alpha value is -1.10. The quantitative estimate of drug-likeness (QED) is 0.692. The first kappa shape index (κ1) is 14.0. The average molecular weight is 241 g/mol. The molecule has 1 aliphatic rings. The zero-order chi connectivity index (χ0) is 12.9. The Kier molecular flexibility index (Phi) is 4.93. The summed E-state index contributed by atoms with van der Waals surface area (Å²) in [5, 5.41) is 2.71. The maximum absolute atomic E-state index is 12.3. The number of rotatable bonds is 6. The monoisotopic (exact) mass is 241 g/mol. The number of likely N-dealkylation sites (N-methyl/N-ethyl adjacent to an activating group) is 2. The van der Waals surface area contributed by atoms with Crippen LogP contribution in [0.15, 0.2) is 0 Å². The Balaban J connectivity index is 2.60. The molecule has 0 atom stereocenters. The fourth-order valence-corrected chi connectivity index (χ4v) is 2.20. The Morgan fingerprint density at radius 1 is 1.35 bits per heavy atom. The van der Waals surface area contributed by atoms with Gasteiger partial charge in [0, 0.05) is 19.6 Å². The molecule has 1 fully saturated rings. The highest BCUT2D eigenvalue weighted by Gasteiger charge is 2.44. The van der Waals surface area contributed by atoms with Crippen molar-refractivity contribution < 1.29 is 9.59 Å². The molecule has 0 saturated heterocycles. The third-order valence-electron chi connectivity index (χ3n) is 3.53. The predicted molar refractivity (Wildman–Crippen MR) is 66.3 cm³/mol. The number of nitrogens with zero attached hydrogens (tertiary/aromatic N) is 1. The van der Waals surface area contributed by atoms with Gasteiger partial charge in [-0.15, -0.1) is 0 Å². The van der Waals surface area contributed by atoms with Crippen LogP contribution in [-0.4, -0.2) is 42.9 Å². The molecule has 98 valence electrons. The maximum atomic E-state index is 12.3. The van der Waals surface area contributed by atoms with Gasteiger partial charge in [0.15, 0.2) is 0 Å². The van der Waals surface area contributed by atoms with E-state index in [2.05, 4.69) is 5.32 Å². The zero-order valence-electron chi connectivity index (χ0n) is 10.8. The Labute approximate surface area is 103 Å². The van der Waals surface area contributed by atoms with E-state index in [4.69, 9.17) is 5.73 Å². The summed E-state index contributed by atoms with van der Waals surface area (Å²) in [7, 11) is 0. The average Bonchev–Trinajstić information content (AvgIpc) is 2.25. The second-order valence-electron chi connectivity index (χ2n) is 4.61. The number of amides is 2. The third kappa shape index (κ3) is 2.97. The lowest BCUT2D eigenvalue weighted by molar-refractivity contribution is -0.148. The van der Waals surface area contributed by atoms with Crippen LogP contribution in [0.1, 0.15) is 33.1 Å². The lowest BCUT2D eigenvalue weighted by Gasteiger charge is -2.42. The van der Waals surface area contributed by atoms with Crippen molar-refractivity contribution >= 4 is 11.8 Å². The van der Waals surface area contributed by atoms with Gasteiger partial charge in [0.05, 0.1) is 12.0 Å². The summed E-state index contributed by atoms with van der Waals surface area (Å²) in [6.45, 7) is 5.43. The summed E-state index contributed by atoms with van der Waals surface area (Å²) in [6, 6.07) is 0. The van der Waals surface area contributed by atoms with Crippen LogP contribution in [0.4, 0.5) is 0 Å². The molecule has 0 aromatic carbocycles. The number of nitrogens with two attached hydrogens (primary N) is 1. The minimum atomic E-state index is -0.386. The van der Waals surface area contributed by atoms with Crippen molar-refractivity contribution in [1.82, 2.24) is 10.2 Å². The summed E-state index contributed by atoms with van der Waals surface area (Å²) in [5.41, 5.74) is 5.32. The lowest BCUT2D eigenvalue weighted by Crippen LogP contribution is -2.53. The first-order chi connectivity index (χ1) is 8.09. The van der Waals surface area contributed by atoms with Gasteiger partial charge in [0.2, 0.25) is 11.8 Å². The summed E-state index contributed by atoms with van der Waals surface area (Å²) < 4.78 is 0. The van der Waals surface area contributed by atoms with Crippen molar-refractivity contribution in [3.8, 4) is 0 Å². The van der Waals surface area contributed by atoms with Gasteiger partial charge in [-0.05, 0) is 26.7 Å². The van der Waals surface area contributed by atoms with E-state index < -0.39 is 0 Å². The van der Waals surface area contributed by atoms with E-state index in [1.807, 2.05) is 13.8 Å². The number of carbonyl (C=O) groups excluding carboxylic acids is 2. The predicted octanol–water partition coefficient (Wildman–Crippen LogP) is 0.100. The molecule has 0 radical (unpaired) electrons. The molecule has 0 spiro atoms. The summed E-state index contributed by atoms with van der Waals surface area (Å²) in [4.78, 5) is 25.4. The Morgan fingerprint density at radius 2 is 2.00 bits per heavy atom. The number of hydrogen-bond donors (Lipinski definition) is 2. The van der Waals surface area contributed by atoms with Crippen molar-refractivity contribution in [3.05, 3.63) is 0 Å². The van der Waals surface area contributed by atoms with Gasteiger partial charge in [0.1, 0.15) is 0 Å². The van der Waals surface area contributed by atoms with Gasteiger partial charge in [-0.1, -0.05) is 6.42 Å². The van der Waals surface area contributed by atoms with Crippen LogP contribution >= 0.6 is 0 Å². The van der Waals surface area contributed by atoms with E-state index in [0.717, 1.165) is 19.3 Å². The number of hydrogen-bond acceptors (Lipinski definition) is 3. The molecule has 1 saturated carbocycles. The van der Waals surface area contributed by atoms with Gasteiger partial charge in [-0.3, -0.25) is 9.59 Å². The van der Waals surface area contributed by atoms with E-state index in [9.17, 15) is 9.59 Å². The minimum absolute atomic E-state index is 0.0417. The van der Waals surface area contributed by atoms with Gasteiger partial charge in [0.25, 0.3) is 0 Å². The molecule has 0 unspecified atom stereocenters. The molecule has 17 heavy (non-hydrogen) atoms. The molecule has 5 nitrogen and oxygen atoms in total. The largest absolute Gasteiger partial charge is 0.355 e. The molecule has 5 heteroatoms. The van der Waals surface area contributed by atoms with Gasteiger partial charge < -0.3 is 16.0 Å². The van der Waals surface area contributed by atoms with Crippen molar-refractivity contribution in [2.24, 2.45) is 11.1 Å². The Morgan fingerprint density at radius 3 is 2.35 bits per heavy atom. The second kappa shape index (κ2) is 6.00. The highest BCUT2D eigenvalue weighted by atomic mass is 16.2. The fourth-order valence-electron chi connectivity index (χ4n) is 2.20. The van der Waals surface area contributed by atoms with Crippen LogP contribution in [0.5, 0.6) is 0 Å². The standard InChI is InChI=1S/C12H23N3O2/c1-3-14-10(16)8-15(4-2)11(17)12(9-13)6-5-7-12/h3-9,13H2,1-2H3,(H,14,16). The zero-order valence-corrected chi connectivity index (χ0v) is 10.8. The minimum Gasteiger partial charge on any atom is -0.355 e. The number of carbonyl (C=O) groups is 2. The summed E-state index contributed by atoms with van der Waals surface area (Å²) >= 11 is 0. The van der Waals surface area contributed by atoms with Crippen LogP contribution in [0, 0.1) is 5.41 Å². The summed E-state index contributed by atoms with van der Waals surface area (Å²) in [5.74, 6) is -0.0609. The van der Waals surface area contributed by atoms with E-state index in [1.54, 1.807) is 4.90 Å². The molecule has 1 rings (SSSR count). The van der Waals surface area contributed by atoms with Crippen molar-refractivity contribution in [3.63, 3.8) is 0 Å². The molecule has 1 aliphatic carbocycles. The van der Waals surface area contributed by atoms with Crippen molar-refractivity contribution in [2.45, 2.75) is 33.1 Å². The van der Waals surface area contributed by atoms with Gasteiger partial charge >= 0.3 is 0 Å². The van der Waals surface area contributed by atoms with E-state index in [-0.39, 0.29) is 23.8 Å². The van der Waals surface area contributed by atoms with Crippen LogP contribution in [0.2, 0.25) is 0 Å². The van der Waals surface area contributed by atoms with Gasteiger partial charge in [-0.2, -0.15) is 0 Å². The normalized spacial score (nSPS) is 17.1. The fraction of sp³-hybridized carbons (Fsp3) is 0.833. The molecule has 2 amide bonds. The summed E-state index contributed by atoms with van der Waals surface area (Å²) in [6.07, 6.45) is 2.77. The molecule has 0 aliphatic heterocycles. The van der Waals surface area contributed by atoms with E-state index in [0.29, 0.717) is 19.6 Å². The highest BCUT2D eigenvalue weighted by Crippen LogP contribution is 2.41. The van der Waals surface area contributed by atoms with Crippen LogP contribution in [0.3, 0.4) is 0 Å². The van der Waals surface area contributed by atoms with Crippen LogP contribution in [-0.2, 0) is 9.59 Å². The topological polar surface area (TPSA) is 75.4 Å². The second-order valence-corrected chi connectivity index (χ2v) is 4.61. The molecule has 0 heterocycles. The van der Waals surface area contributed by atoms with Gasteiger partial charge in [-0.25, -0.2) is 0 Å². The van der Waals surface area contributed by atoms with Crippen molar-refractivity contribution in [2.75, 3.05) is 26.2 Å². The molecule has 0 aromatic heterocycles. The van der Waals surface area contributed by atoms with Crippen LogP contribution < -0.4 is 11.1 Å². The number of nitrogens with one attached hydrogen (secondary N) is 1. The smallest absolute Gasteiger partial charge is 0.239 e. The van der Waals surface area contributed by atoms with Crippen LogP contribution in [0.25, 0.3) is 0 Å². The van der Waals surface area contributed by atoms with Crippen molar-refractivity contribution in [1.29, 1.82) is 0 Å². The van der Waals surface area contributed by atoms with E-state index in [1.165, 1.54) is 0 Å². The SMILES string of the molecule is CCNC(=O)CN(CC)C(=O)C1(CN)CCC1. The first-order valence-electron chi connectivity index (χ1n) is 6.35. The molecule has 3 N–H and O–H groups in total. The molecule has 0 aromatic rings. The molecule has 0 bridgehead atoms. The molecular formula is C12H23N3O2.